The number of alkyl halides is 3. The third kappa shape index (κ3) is 6.49. The Morgan fingerprint density at radius 3 is 2.49 bits per heavy atom. The van der Waals surface area contributed by atoms with E-state index in [0.29, 0.717) is 19.5 Å². The summed E-state index contributed by atoms with van der Waals surface area (Å²) in [6.45, 7) is 5.79. The van der Waals surface area contributed by atoms with Crippen LogP contribution in [-0.4, -0.2) is 77.5 Å². The van der Waals surface area contributed by atoms with Crippen LogP contribution in [-0.2, 0) is 27.1 Å². The average molecular weight is 528 g/mol. The number of carbonyl (C=O) groups excluding carboxylic acids is 3. The monoisotopic (exact) mass is 527 g/mol. The van der Waals surface area contributed by atoms with Crippen LogP contribution in [0.3, 0.4) is 0 Å². The number of hydrogen-bond acceptors (Lipinski definition) is 7. The van der Waals surface area contributed by atoms with Gasteiger partial charge in [0.2, 0.25) is 11.8 Å². The van der Waals surface area contributed by atoms with Crippen LogP contribution in [0.15, 0.2) is 24.3 Å². The fourth-order valence-electron chi connectivity index (χ4n) is 4.95. The van der Waals surface area contributed by atoms with Gasteiger partial charge >= 0.3 is 6.18 Å². The van der Waals surface area contributed by atoms with Gasteiger partial charge in [0.1, 0.15) is 17.6 Å². The lowest BCUT2D eigenvalue weighted by molar-refractivity contribution is -0.139. The van der Waals surface area contributed by atoms with Crippen molar-refractivity contribution in [3.8, 4) is 0 Å². The van der Waals surface area contributed by atoms with Crippen molar-refractivity contribution in [3.63, 3.8) is 0 Å². The van der Waals surface area contributed by atoms with Crippen LogP contribution in [0.5, 0.6) is 0 Å². The summed E-state index contributed by atoms with van der Waals surface area (Å²) in [4.78, 5) is 40.8. The molecule has 2 fully saturated rings. The van der Waals surface area contributed by atoms with Crippen molar-refractivity contribution in [3.05, 3.63) is 35.4 Å². The van der Waals surface area contributed by atoms with Crippen molar-refractivity contribution in [1.29, 1.82) is 0 Å². The van der Waals surface area contributed by atoms with Gasteiger partial charge in [-0.15, -0.1) is 0 Å². The van der Waals surface area contributed by atoms with Crippen molar-refractivity contribution in [2.45, 2.75) is 63.6 Å². The first-order chi connectivity index (χ1) is 17.3. The summed E-state index contributed by atoms with van der Waals surface area (Å²) in [6, 6.07) is 2.95. The second-order valence-electron chi connectivity index (χ2n) is 10.2. The molecular formula is C25H36F3N5O4. The lowest BCUT2D eigenvalue weighted by Crippen LogP contribution is -2.63. The molecule has 0 aromatic heterocycles. The van der Waals surface area contributed by atoms with E-state index in [1.807, 2.05) is 0 Å². The Labute approximate surface area is 214 Å². The number of aliphatic hydroxyl groups is 1. The van der Waals surface area contributed by atoms with Crippen molar-refractivity contribution in [2.24, 2.45) is 17.6 Å². The molecule has 206 valence electrons. The van der Waals surface area contributed by atoms with Crippen molar-refractivity contribution in [1.82, 2.24) is 20.9 Å². The van der Waals surface area contributed by atoms with E-state index >= 15 is 0 Å². The number of piperazine rings is 1. The second-order valence-corrected chi connectivity index (χ2v) is 10.2. The van der Waals surface area contributed by atoms with E-state index < -0.39 is 47.3 Å². The van der Waals surface area contributed by atoms with Crippen molar-refractivity contribution in [2.75, 3.05) is 26.2 Å². The Bertz CT molecular complexity index is 1000. The van der Waals surface area contributed by atoms with Crippen molar-refractivity contribution >= 4 is 17.6 Å². The van der Waals surface area contributed by atoms with Crippen LogP contribution in [0.4, 0.5) is 13.2 Å². The number of aliphatic hydroxyl groups excluding tert-OH is 1. The summed E-state index contributed by atoms with van der Waals surface area (Å²) in [7, 11) is 0. The molecule has 37 heavy (non-hydrogen) atoms. The number of nitrogens with zero attached hydrogens (tertiary/aromatic N) is 1. The highest BCUT2D eigenvalue weighted by Crippen LogP contribution is 2.45. The van der Waals surface area contributed by atoms with Crippen LogP contribution < -0.4 is 21.7 Å². The number of carbonyl (C=O) groups is 3. The van der Waals surface area contributed by atoms with Gasteiger partial charge in [-0.2, -0.15) is 13.2 Å². The fraction of sp³-hybridized carbons (Fsp3) is 0.640. The SMILES string of the molecule is CC(C)C(=O)C1(NC(=O)[C@@H](NC(=O)[C@@H]2CNCCN2Cc2ccccc2C(F)(F)F)[C@H](C)O)CC1CN. The molecule has 6 N–H and O–H groups in total. The Morgan fingerprint density at radius 2 is 1.92 bits per heavy atom. The molecule has 1 aromatic carbocycles. The molecule has 2 amide bonds. The Hall–Kier alpha value is -2.54. The van der Waals surface area contributed by atoms with Gasteiger partial charge in [-0.3, -0.25) is 19.3 Å². The van der Waals surface area contributed by atoms with Crippen LogP contribution in [0.2, 0.25) is 0 Å². The number of halogens is 3. The van der Waals surface area contributed by atoms with E-state index in [1.54, 1.807) is 18.7 Å². The number of hydrogen-bond donors (Lipinski definition) is 5. The molecule has 0 radical (unpaired) electrons. The topological polar surface area (TPSA) is 137 Å². The van der Waals surface area contributed by atoms with Gasteiger partial charge < -0.3 is 26.8 Å². The molecule has 2 aliphatic rings. The minimum Gasteiger partial charge on any atom is -0.391 e. The molecular weight excluding hydrogens is 491 g/mol. The van der Waals surface area contributed by atoms with E-state index in [1.165, 1.54) is 25.1 Å². The lowest BCUT2D eigenvalue weighted by Gasteiger charge is -2.36. The van der Waals surface area contributed by atoms with Gasteiger partial charge in [0.25, 0.3) is 0 Å². The molecule has 12 heteroatoms. The molecule has 5 atom stereocenters. The highest BCUT2D eigenvalue weighted by molar-refractivity contribution is 5.99. The van der Waals surface area contributed by atoms with E-state index in [4.69, 9.17) is 5.73 Å². The fourth-order valence-corrected chi connectivity index (χ4v) is 4.95. The lowest BCUT2D eigenvalue weighted by atomic mass is 9.96. The predicted octanol–water partition coefficient (Wildman–Crippen LogP) is 0.404. The molecule has 1 saturated carbocycles. The first kappa shape index (κ1) is 29.0. The summed E-state index contributed by atoms with van der Waals surface area (Å²) in [5.74, 6) is -2.08. The summed E-state index contributed by atoms with van der Waals surface area (Å²) in [6.07, 6.45) is -5.45. The highest BCUT2D eigenvalue weighted by atomic mass is 19.4. The van der Waals surface area contributed by atoms with Crippen LogP contribution in [0, 0.1) is 11.8 Å². The van der Waals surface area contributed by atoms with E-state index in [0.717, 1.165) is 6.07 Å². The van der Waals surface area contributed by atoms with Gasteiger partial charge in [-0.25, -0.2) is 0 Å². The summed E-state index contributed by atoms with van der Waals surface area (Å²) >= 11 is 0. The summed E-state index contributed by atoms with van der Waals surface area (Å²) in [5.41, 5.74) is 3.89. The van der Waals surface area contributed by atoms with E-state index in [-0.39, 0.29) is 42.8 Å². The molecule has 0 bridgehead atoms. The molecule has 2 unspecified atom stereocenters. The van der Waals surface area contributed by atoms with Gasteiger partial charge in [0, 0.05) is 38.0 Å². The average Bonchev–Trinajstić information content (AvgIpc) is 3.55. The number of ketones is 1. The second kappa shape index (κ2) is 11.5. The standard InChI is InChI=1S/C25H36F3N5O4/c1-14(2)21(35)24(10-17(24)11-29)32-23(37)20(15(3)34)31-22(36)19-12-30-8-9-33(19)13-16-6-4-5-7-18(16)25(26,27)28/h4-7,14-15,17,19-20,30,34H,8-13,29H2,1-3H3,(H,31,36)(H,32,37)/t15-,17?,19-,20-,24?/m0/s1. The van der Waals surface area contributed by atoms with Gasteiger partial charge in [-0.1, -0.05) is 32.0 Å². The largest absolute Gasteiger partial charge is 0.416 e. The summed E-state index contributed by atoms with van der Waals surface area (Å²) in [5, 5.41) is 18.6. The minimum absolute atomic E-state index is 0.0372. The third-order valence-electron chi connectivity index (χ3n) is 7.12. The molecule has 1 saturated heterocycles. The predicted molar refractivity (Wildman–Crippen MR) is 130 cm³/mol. The highest BCUT2D eigenvalue weighted by Gasteiger charge is 2.60. The zero-order valence-corrected chi connectivity index (χ0v) is 21.3. The van der Waals surface area contributed by atoms with Crippen molar-refractivity contribution < 1.29 is 32.7 Å². The zero-order valence-electron chi connectivity index (χ0n) is 21.3. The molecule has 1 aliphatic heterocycles. The smallest absolute Gasteiger partial charge is 0.391 e. The minimum atomic E-state index is -4.54. The number of nitrogens with two attached hydrogens (primary N) is 1. The van der Waals surface area contributed by atoms with Crippen LogP contribution in [0.1, 0.15) is 38.3 Å². The molecule has 9 nitrogen and oxygen atoms in total. The molecule has 3 rings (SSSR count). The Kier molecular flexibility index (Phi) is 8.99. The maximum absolute atomic E-state index is 13.5. The van der Waals surface area contributed by atoms with Crippen LogP contribution >= 0.6 is 0 Å². The van der Waals surface area contributed by atoms with Gasteiger partial charge in [0.15, 0.2) is 5.78 Å². The number of nitrogens with one attached hydrogen (secondary N) is 3. The van der Waals surface area contributed by atoms with E-state index in [2.05, 4.69) is 16.0 Å². The first-order valence-corrected chi connectivity index (χ1v) is 12.5. The molecule has 1 aliphatic carbocycles. The van der Waals surface area contributed by atoms with Gasteiger partial charge in [-0.05, 0) is 31.5 Å². The quantitative estimate of drug-likeness (QED) is 0.297. The molecule has 1 aromatic rings. The number of rotatable bonds is 10. The summed E-state index contributed by atoms with van der Waals surface area (Å²) < 4.78 is 40.5. The molecule has 0 spiro atoms. The number of amides is 2. The Balaban J connectivity index is 1.75. The van der Waals surface area contributed by atoms with Gasteiger partial charge in [0.05, 0.1) is 11.7 Å². The number of benzene rings is 1. The maximum atomic E-state index is 13.5. The molecule has 1 heterocycles. The first-order valence-electron chi connectivity index (χ1n) is 12.5. The maximum Gasteiger partial charge on any atom is 0.416 e. The Morgan fingerprint density at radius 1 is 1.24 bits per heavy atom. The zero-order chi connectivity index (χ0) is 27.5. The van der Waals surface area contributed by atoms with Crippen LogP contribution in [0.25, 0.3) is 0 Å². The third-order valence-corrected chi connectivity index (χ3v) is 7.12. The normalized spacial score (nSPS) is 25.9. The van der Waals surface area contributed by atoms with E-state index in [9.17, 15) is 32.7 Å². The number of Topliss-reactive ketones (excluding diaryl/α,β-unsaturated/α-hetero) is 1.